The molecule has 4 nitrogen and oxygen atoms in total. The van der Waals surface area contributed by atoms with Crippen molar-refractivity contribution in [3.8, 4) is 0 Å². The zero-order chi connectivity index (χ0) is 13.9. The Kier molecular flexibility index (Phi) is 4.61. The van der Waals surface area contributed by atoms with Gasteiger partial charge < -0.3 is 15.1 Å². The van der Waals surface area contributed by atoms with Crippen LogP contribution in [0.3, 0.4) is 0 Å². The normalized spacial score (nSPS) is 30.2. The van der Waals surface area contributed by atoms with Crippen molar-refractivity contribution in [2.75, 3.05) is 33.2 Å². The predicted molar refractivity (Wildman–Crippen MR) is 80.6 cm³/mol. The van der Waals surface area contributed by atoms with Crippen LogP contribution in [0.15, 0.2) is 0 Å². The van der Waals surface area contributed by atoms with E-state index in [9.17, 15) is 4.79 Å². The molecule has 4 heteroatoms. The van der Waals surface area contributed by atoms with E-state index in [2.05, 4.69) is 22.2 Å². The summed E-state index contributed by atoms with van der Waals surface area (Å²) < 4.78 is 0. The van der Waals surface area contributed by atoms with Gasteiger partial charge in [0.2, 0.25) is 5.91 Å². The molecular formula is C16H29N3O. The Labute approximate surface area is 122 Å². The molecule has 1 unspecified atom stereocenters. The van der Waals surface area contributed by atoms with Gasteiger partial charge in [0.1, 0.15) is 0 Å². The Morgan fingerprint density at radius 2 is 1.55 bits per heavy atom. The molecule has 2 aliphatic heterocycles. The maximum Gasteiger partial charge on any atom is 0.225 e. The fourth-order valence-corrected chi connectivity index (χ4v) is 3.59. The third kappa shape index (κ3) is 3.73. The summed E-state index contributed by atoms with van der Waals surface area (Å²) in [6, 6.07) is 1.32. The lowest BCUT2D eigenvalue weighted by molar-refractivity contribution is -0.133. The lowest BCUT2D eigenvalue weighted by atomic mass is 10.0. The first kappa shape index (κ1) is 14.3. The van der Waals surface area contributed by atoms with E-state index in [1.807, 2.05) is 0 Å². The van der Waals surface area contributed by atoms with Gasteiger partial charge in [-0.05, 0) is 65.1 Å². The monoisotopic (exact) mass is 279 g/mol. The van der Waals surface area contributed by atoms with Crippen LogP contribution >= 0.6 is 0 Å². The molecule has 1 saturated carbocycles. The summed E-state index contributed by atoms with van der Waals surface area (Å²) in [6.07, 6.45) is 8.45. The first-order chi connectivity index (χ1) is 9.72. The lowest BCUT2D eigenvalue weighted by Gasteiger charge is -2.34. The molecular weight excluding hydrogens is 250 g/mol. The fourth-order valence-electron chi connectivity index (χ4n) is 3.59. The molecule has 114 valence electrons. The Morgan fingerprint density at radius 1 is 0.900 bits per heavy atom. The Morgan fingerprint density at radius 3 is 2.25 bits per heavy atom. The topological polar surface area (TPSA) is 35.6 Å². The average molecular weight is 279 g/mol. The molecule has 0 aromatic rings. The second kappa shape index (κ2) is 6.44. The quantitative estimate of drug-likeness (QED) is 0.849. The van der Waals surface area contributed by atoms with Crippen LogP contribution in [0.4, 0.5) is 0 Å². The highest BCUT2D eigenvalue weighted by molar-refractivity contribution is 5.81. The van der Waals surface area contributed by atoms with Gasteiger partial charge in [-0.1, -0.05) is 0 Å². The number of likely N-dealkylation sites (tertiary alicyclic amines) is 2. The highest BCUT2D eigenvalue weighted by Crippen LogP contribution is 2.32. The lowest BCUT2D eigenvalue weighted by Crippen LogP contribution is -2.48. The number of carbonyl (C=O) groups is 1. The first-order valence-electron chi connectivity index (χ1n) is 8.46. The van der Waals surface area contributed by atoms with Crippen LogP contribution in [-0.2, 0) is 4.79 Å². The molecule has 0 aromatic heterocycles. The van der Waals surface area contributed by atoms with E-state index in [1.165, 1.54) is 32.4 Å². The summed E-state index contributed by atoms with van der Waals surface area (Å²) in [5.41, 5.74) is 0. The largest absolute Gasteiger partial charge is 0.342 e. The molecule has 3 aliphatic rings. The van der Waals surface area contributed by atoms with Gasteiger partial charge in [-0.25, -0.2) is 0 Å². The fraction of sp³-hybridized carbons (Fsp3) is 0.938. The van der Waals surface area contributed by atoms with Crippen molar-refractivity contribution in [2.24, 2.45) is 5.92 Å². The molecule has 0 aromatic carbocycles. The summed E-state index contributed by atoms with van der Waals surface area (Å²) >= 11 is 0. The standard InChI is InChI=1S/C16H29N3O/c1-18-9-2-3-14(6-10-18)17-15-7-11-19(12-8-15)16(20)13-4-5-13/h13-15,17H,2-12H2,1H3. The van der Waals surface area contributed by atoms with Crippen molar-refractivity contribution in [3.63, 3.8) is 0 Å². The van der Waals surface area contributed by atoms with Gasteiger partial charge in [-0.3, -0.25) is 4.79 Å². The molecule has 1 amide bonds. The maximum atomic E-state index is 12.0. The van der Waals surface area contributed by atoms with Crippen LogP contribution in [0.5, 0.6) is 0 Å². The molecule has 1 aliphatic carbocycles. The van der Waals surface area contributed by atoms with E-state index >= 15 is 0 Å². The highest BCUT2D eigenvalue weighted by atomic mass is 16.2. The first-order valence-corrected chi connectivity index (χ1v) is 8.46. The molecule has 1 atom stereocenters. The number of piperidine rings is 1. The third-order valence-electron chi connectivity index (χ3n) is 5.16. The van der Waals surface area contributed by atoms with Gasteiger partial charge in [-0.15, -0.1) is 0 Å². The molecule has 1 N–H and O–H groups in total. The summed E-state index contributed by atoms with van der Waals surface area (Å²) in [5, 5.41) is 3.86. The van der Waals surface area contributed by atoms with Crippen molar-refractivity contribution in [1.29, 1.82) is 0 Å². The van der Waals surface area contributed by atoms with E-state index in [-0.39, 0.29) is 0 Å². The molecule has 20 heavy (non-hydrogen) atoms. The molecule has 3 fully saturated rings. The van der Waals surface area contributed by atoms with Crippen molar-refractivity contribution in [1.82, 2.24) is 15.1 Å². The van der Waals surface area contributed by atoms with Crippen molar-refractivity contribution >= 4 is 5.91 Å². The Balaban J connectivity index is 1.40. The van der Waals surface area contributed by atoms with Crippen LogP contribution < -0.4 is 5.32 Å². The molecule has 2 saturated heterocycles. The van der Waals surface area contributed by atoms with Crippen LogP contribution in [0.2, 0.25) is 0 Å². The molecule has 3 rings (SSSR count). The smallest absolute Gasteiger partial charge is 0.225 e. The number of hydrogen-bond donors (Lipinski definition) is 1. The number of amides is 1. The predicted octanol–water partition coefficient (Wildman–Crippen LogP) is 1.46. The summed E-state index contributed by atoms with van der Waals surface area (Å²) in [4.78, 5) is 16.6. The van der Waals surface area contributed by atoms with Crippen molar-refractivity contribution in [2.45, 2.75) is 57.0 Å². The van der Waals surface area contributed by atoms with Gasteiger partial charge in [0, 0.05) is 31.1 Å². The zero-order valence-corrected chi connectivity index (χ0v) is 12.8. The maximum absolute atomic E-state index is 12.0. The van der Waals surface area contributed by atoms with E-state index in [0.717, 1.165) is 38.8 Å². The number of hydrogen-bond acceptors (Lipinski definition) is 3. The number of rotatable bonds is 3. The van der Waals surface area contributed by atoms with Gasteiger partial charge >= 0.3 is 0 Å². The number of carbonyl (C=O) groups excluding carboxylic acids is 1. The second-order valence-corrected chi connectivity index (χ2v) is 6.97. The van der Waals surface area contributed by atoms with Gasteiger partial charge in [-0.2, -0.15) is 0 Å². The minimum absolute atomic E-state index is 0.386. The van der Waals surface area contributed by atoms with Crippen molar-refractivity contribution < 1.29 is 4.79 Å². The van der Waals surface area contributed by atoms with Crippen LogP contribution in [0.1, 0.15) is 44.9 Å². The minimum atomic E-state index is 0.386. The summed E-state index contributed by atoms with van der Waals surface area (Å²) in [6.45, 7) is 4.41. The summed E-state index contributed by atoms with van der Waals surface area (Å²) in [5.74, 6) is 0.816. The molecule has 0 radical (unpaired) electrons. The van der Waals surface area contributed by atoms with Crippen LogP contribution in [0, 0.1) is 5.92 Å². The minimum Gasteiger partial charge on any atom is -0.342 e. The number of nitrogens with one attached hydrogen (secondary N) is 1. The van der Waals surface area contributed by atoms with E-state index < -0.39 is 0 Å². The van der Waals surface area contributed by atoms with E-state index in [4.69, 9.17) is 0 Å². The average Bonchev–Trinajstić information content (AvgIpc) is 3.29. The SMILES string of the molecule is CN1CCCC(NC2CCN(C(=O)C3CC3)CC2)CC1. The van der Waals surface area contributed by atoms with Gasteiger partial charge in [0.15, 0.2) is 0 Å². The van der Waals surface area contributed by atoms with Gasteiger partial charge in [0.05, 0.1) is 0 Å². The second-order valence-electron chi connectivity index (χ2n) is 6.97. The number of nitrogens with zero attached hydrogens (tertiary/aromatic N) is 2. The molecule has 2 heterocycles. The van der Waals surface area contributed by atoms with E-state index in [1.54, 1.807) is 0 Å². The van der Waals surface area contributed by atoms with E-state index in [0.29, 0.717) is 23.9 Å². The Bertz CT molecular complexity index is 335. The zero-order valence-electron chi connectivity index (χ0n) is 12.8. The van der Waals surface area contributed by atoms with Crippen LogP contribution in [-0.4, -0.2) is 61.0 Å². The summed E-state index contributed by atoms with van der Waals surface area (Å²) in [7, 11) is 2.23. The van der Waals surface area contributed by atoms with Gasteiger partial charge in [0.25, 0.3) is 0 Å². The molecule has 0 bridgehead atoms. The Hall–Kier alpha value is -0.610. The van der Waals surface area contributed by atoms with Crippen molar-refractivity contribution in [3.05, 3.63) is 0 Å². The third-order valence-corrected chi connectivity index (χ3v) is 5.16. The van der Waals surface area contributed by atoms with Crippen LogP contribution in [0.25, 0.3) is 0 Å². The molecule has 0 spiro atoms. The highest BCUT2D eigenvalue weighted by Gasteiger charge is 2.35.